The summed E-state index contributed by atoms with van der Waals surface area (Å²) < 4.78 is 42.6. The number of rotatable bonds is 4. The molecule has 18 heavy (non-hydrogen) atoms. The molecule has 0 amide bonds. The molecular formula is C13H18F3NO. The maximum atomic E-state index is 12.4. The van der Waals surface area contributed by atoms with Crippen LogP contribution in [-0.2, 0) is 10.9 Å². The van der Waals surface area contributed by atoms with Crippen molar-refractivity contribution < 1.29 is 17.9 Å². The van der Waals surface area contributed by atoms with Crippen molar-refractivity contribution >= 4 is 0 Å². The Morgan fingerprint density at radius 3 is 2.06 bits per heavy atom. The van der Waals surface area contributed by atoms with Gasteiger partial charge in [-0.05, 0) is 31.0 Å². The van der Waals surface area contributed by atoms with Gasteiger partial charge in [-0.25, -0.2) is 0 Å². The molecule has 2 atom stereocenters. The van der Waals surface area contributed by atoms with Gasteiger partial charge in [0.25, 0.3) is 0 Å². The molecule has 0 fully saturated rings. The van der Waals surface area contributed by atoms with Gasteiger partial charge in [-0.1, -0.05) is 19.1 Å². The number of nitrogens with two attached hydrogens (primary N) is 1. The van der Waals surface area contributed by atoms with Crippen molar-refractivity contribution in [3.05, 3.63) is 35.4 Å². The summed E-state index contributed by atoms with van der Waals surface area (Å²) in [6, 6.07) is 4.43. The van der Waals surface area contributed by atoms with Crippen LogP contribution in [0.5, 0.6) is 0 Å². The van der Waals surface area contributed by atoms with E-state index in [0.29, 0.717) is 12.0 Å². The maximum absolute atomic E-state index is 12.4. The topological polar surface area (TPSA) is 35.2 Å². The molecule has 0 aromatic heterocycles. The zero-order valence-electron chi connectivity index (χ0n) is 10.7. The third-order valence-corrected chi connectivity index (χ3v) is 3.42. The Bertz CT molecular complexity index is 382. The maximum Gasteiger partial charge on any atom is 0.416 e. The van der Waals surface area contributed by atoms with E-state index >= 15 is 0 Å². The van der Waals surface area contributed by atoms with E-state index in [0.717, 1.165) is 12.1 Å². The second-order valence-electron chi connectivity index (χ2n) is 4.47. The molecule has 1 aromatic carbocycles. The van der Waals surface area contributed by atoms with Gasteiger partial charge in [0.15, 0.2) is 0 Å². The molecule has 2 unspecified atom stereocenters. The molecule has 0 saturated carbocycles. The summed E-state index contributed by atoms with van der Waals surface area (Å²) in [5, 5.41) is 0. The van der Waals surface area contributed by atoms with E-state index in [1.165, 1.54) is 12.1 Å². The van der Waals surface area contributed by atoms with Crippen LogP contribution in [0.3, 0.4) is 0 Å². The van der Waals surface area contributed by atoms with E-state index in [9.17, 15) is 13.2 Å². The van der Waals surface area contributed by atoms with Crippen LogP contribution in [0.2, 0.25) is 0 Å². The third-order valence-electron chi connectivity index (χ3n) is 3.42. The summed E-state index contributed by atoms with van der Waals surface area (Å²) in [4.78, 5) is 0. The Labute approximate surface area is 105 Å². The minimum Gasteiger partial charge on any atom is -0.377 e. The zero-order chi connectivity index (χ0) is 14.0. The number of alkyl halides is 3. The number of hydrogen-bond acceptors (Lipinski definition) is 2. The van der Waals surface area contributed by atoms with Crippen molar-refractivity contribution in [2.75, 3.05) is 7.11 Å². The Morgan fingerprint density at radius 2 is 1.72 bits per heavy atom. The van der Waals surface area contributed by atoms with E-state index in [-0.39, 0.29) is 0 Å². The molecule has 0 aliphatic heterocycles. The normalized spacial score (nSPS) is 17.3. The number of benzene rings is 1. The first-order chi connectivity index (χ1) is 8.24. The van der Waals surface area contributed by atoms with Crippen LogP contribution < -0.4 is 5.73 Å². The van der Waals surface area contributed by atoms with Gasteiger partial charge in [0.05, 0.1) is 17.2 Å². The van der Waals surface area contributed by atoms with E-state index in [4.69, 9.17) is 10.5 Å². The first kappa shape index (κ1) is 15.0. The molecule has 1 aromatic rings. The van der Waals surface area contributed by atoms with Crippen molar-refractivity contribution in [3.8, 4) is 0 Å². The largest absolute Gasteiger partial charge is 0.416 e. The molecule has 102 valence electrons. The number of methoxy groups -OCH3 is 1. The first-order valence-electron chi connectivity index (χ1n) is 5.72. The molecular weight excluding hydrogens is 243 g/mol. The molecule has 0 radical (unpaired) electrons. The SMILES string of the molecule is CCC(C)(OC)C(N)c1ccc(C(F)(F)F)cc1. The van der Waals surface area contributed by atoms with Crippen LogP contribution in [0.4, 0.5) is 13.2 Å². The summed E-state index contributed by atoms with van der Waals surface area (Å²) in [6.45, 7) is 3.77. The van der Waals surface area contributed by atoms with Gasteiger partial charge in [0, 0.05) is 7.11 Å². The Balaban J connectivity index is 2.99. The second-order valence-corrected chi connectivity index (χ2v) is 4.47. The number of hydrogen-bond donors (Lipinski definition) is 1. The van der Waals surface area contributed by atoms with Crippen LogP contribution >= 0.6 is 0 Å². The van der Waals surface area contributed by atoms with Gasteiger partial charge in [0.1, 0.15) is 0 Å². The molecule has 0 bridgehead atoms. The molecule has 1 rings (SSSR count). The van der Waals surface area contributed by atoms with Gasteiger partial charge in [-0.15, -0.1) is 0 Å². The lowest BCUT2D eigenvalue weighted by molar-refractivity contribution is -0.137. The van der Waals surface area contributed by atoms with Gasteiger partial charge in [-0.3, -0.25) is 0 Å². The molecule has 2 nitrogen and oxygen atoms in total. The van der Waals surface area contributed by atoms with Crippen molar-refractivity contribution in [2.45, 2.75) is 38.1 Å². The average molecular weight is 261 g/mol. The summed E-state index contributed by atoms with van der Waals surface area (Å²) in [5.74, 6) is 0. The highest BCUT2D eigenvalue weighted by atomic mass is 19.4. The molecule has 0 aliphatic rings. The fraction of sp³-hybridized carbons (Fsp3) is 0.538. The molecule has 5 heteroatoms. The lowest BCUT2D eigenvalue weighted by Crippen LogP contribution is -2.39. The molecule has 2 N–H and O–H groups in total. The molecule has 0 saturated heterocycles. The van der Waals surface area contributed by atoms with E-state index < -0.39 is 23.4 Å². The minimum absolute atomic E-state index is 0.463. The second kappa shape index (κ2) is 5.28. The highest BCUT2D eigenvalue weighted by Crippen LogP contribution is 2.33. The van der Waals surface area contributed by atoms with Crippen LogP contribution in [0.15, 0.2) is 24.3 Å². The van der Waals surface area contributed by atoms with Gasteiger partial charge >= 0.3 is 6.18 Å². The van der Waals surface area contributed by atoms with E-state index in [2.05, 4.69) is 0 Å². The van der Waals surface area contributed by atoms with Gasteiger partial charge in [0.2, 0.25) is 0 Å². The average Bonchev–Trinajstić information content (AvgIpc) is 2.36. The highest BCUT2D eigenvalue weighted by molar-refractivity contribution is 5.28. The lowest BCUT2D eigenvalue weighted by Gasteiger charge is -2.33. The number of halogens is 3. The Kier molecular flexibility index (Phi) is 4.40. The molecule has 0 aliphatic carbocycles. The summed E-state index contributed by atoms with van der Waals surface area (Å²) in [6.07, 6.45) is -3.65. The molecule has 0 spiro atoms. The monoisotopic (exact) mass is 261 g/mol. The zero-order valence-corrected chi connectivity index (χ0v) is 10.7. The van der Waals surface area contributed by atoms with Gasteiger partial charge in [-0.2, -0.15) is 13.2 Å². The van der Waals surface area contributed by atoms with Crippen LogP contribution in [-0.4, -0.2) is 12.7 Å². The van der Waals surface area contributed by atoms with Crippen molar-refractivity contribution in [1.29, 1.82) is 0 Å². The third kappa shape index (κ3) is 3.03. The van der Waals surface area contributed by atoms with E-state index in [1.807, 2.05) is 13.8 Å². The fourth-order valence-electron chi connectivity index (χ4n) is 1.72. The predicted molar refractivity (Wildman–Crippen MR) is 64.1 cm³/mol. The summed E-state index contributed by atoms with van der Waals surface area (Å²) >= 11 is 0. The van der Waals surface area contributed by atoms with Crippen LogP contribution in [0, 0.1) is 0 Å². The van der Waals surface area contributed by atoms with Crippen LogP contribution in [0.25, 0.3) is 0 Å². The Hall–Kier alpha value is -1.07. The molecule has 0 heterocycles. The lowest BCUT2D eigenvalue weighted by atomic mass is 9.88. The van der Waals surface area contributed by atoms with Gasteiger partial charge < -0.3 is 10.5 Å². The van der Waals surface area contributed by atoms with Crippen molar-refractivity contribution in [3.63, 3.8) is 0 Å². The fourth-order valence-corrected chi connectivity index (χ4v) is 1.72. The highest BCUT2D eigenvalue weighted by Gasteiger charge is 2.33. The quantitative estimate of drug-likeness (QED) is 0.900. The smallest absolute Gasteiger partial charge is 0.377 e. The Morgan fingerprint density at radius 1 is 1.22 bits per heavy atom. The van der Waals surface area contributed by atoms with E-state index in [1.54, 1.807) is 7.11 Å². The number of ether oxygens (including phenoxy) is 1. The minimum atomic E-state index is -4.32. The van der Waals surface area contributed by atoms with Crippen molar-refractivity contribution in [1.82, 2.24) is 0 Å². The van der Waals surface area contributed by atoms with Crippen LogP contribution in [0.1, 0.15) is 37.4 Å². The first-order valence-corrected chi connectivity index (χ1v) is 5.72. The predicted octanol–water partition coefficient (Wildman–Crippen LogP) is 3.52. The standard InChI is InChI=1S/C13H18F3NO/c1-4-12(2,18-3)11(17)9-5-7-10(8-6-9)13(14,15)16/h5-8,11H,4,17H2,1-3H3. The summed E-state index contributed by atoms with van der Waals surface area (Å²) in [5.41, 5.74) is 5.43. The van der Waals surface area contributed by atoms with Crippen molar-refractivity contribution in [2.24, 2.45) is 5.73 Å². The summed E-state index contributed by atoms with van der Waals surface area (Å²) in [7, 11) is 1.55.